The fraction of sp³-hybridized carbons (Fsp3) is 0.385. The maximum Gasteiger partial charge on any atom is 0.285 e. The average Bonchev–Trinajstić information content (AvgIpc) is 2.96. The number of para-hydroxylation sites is 2. The quantitative estimate of drug-likeness (QED) is 0.641. The van der Waals surface area contributed by atoms with Crippen LogP contribution < -0.4 is 9.74 Å². The third-order valence-corrected chi connectivity index (χ3v) is 3.66. The molecule has 1 aliphatic heterocycles. The second kappa shape index (κ2) is 5.08. The van der Waals surface area contributed by atoms with Crippen molar-refractivity contribution in [1.29, 1.82) is 0 Å². The molecule has 8 nitrogen and oxygen atoms in total. The standard InChI is InChI=1S/C13H15N3O5/c17-6-13(7-18)8-21-12(14-13)11-5-15(19)9-3-1-2-4-10(9)16(11)20/h1-5,12,14,17-18H,6-8H2. The van der Waals surface area contributed by atoms with Crippen LogP contribution in [0.25, 0.3) is 11.0 Å². The lowest BCUT2D eigenvalue weighted by molar-refractivity contribution is -0.465. The molecule has 2 aromatic rings. The van der Waals surface area contributed by atoms with Gasteiger partial charge < -0.3 is 24.9 Å². The van der Waals surface area contributed by atoms with Crippen molar-refractivity contribution in [2.75, 3.05) is 19.8 Å². The number of fused-ring (bicyclic) bond motifs is 1. The smallest absolute Gasteiger partial charge is 0.285 e. The zero-order valence-corrected chi connectivity index (χ0v) is 11.1. The zero-order valence-electron chi connectivity index (χ0n) is 11.1. The molecule has 1 aliphatic rings. The fourth-order valence-corrected chi connectivity index (χ4v) is 2.37. The summed E-state index contributed by atoms with van der Waals surface area (Å²) >= 11 is 0. The van der Waals surface area contributed by atoms with E-state index in [0.717, 1.165) is 6.20 Å². The summed E-state index contributed by atoms with van der Waals surface area (Å²) in [6.45, 7) is -0.649. The lowest BCUT2D eigenvalue weighted by Crippen LogP contribution is -2.50. The first-order chi connectivity index (χ1) is 10.1. The summed E-state index contributed by atoms with van der Waals surface area (Å²) in [6.07, 6.45) is 0.268. The van der Waals surface area contributed by atoms with E-state index in [1.165, 1.54) is 0 Å². The summed E-state index contributed by atoms with van der Waals surface area (Å²) in [6, 6.07) is 6.42. The van der Waals surface area contributed by atoms with Crippen LogP contribution in [-0.4, -0.2) is 40.3 Å². The Kier molecular flexibility index (Phi) is 3.38. The van der Waals surface area contributed by atoms with E-state index in [9.17, 15) is 20.3 Å². The molecule has 1 aromatic carbocycles. The maximum absolute atomic E-state index is 12.4. The van der Waals surface area contributed by atoms with Crippen molar-refractivity contribution < 1.29 is 19.4 Å². The summed E-state index contributed by atoms with van der Waals surface area (Å²) in [5.74, 6) is 0. The number of hydrogen-bond donors (Lipinski definition) is 3. The summed E-state index contributed by atoms with van der Waals surface area (Å²) < 4.78 is 6.63. The second-order valence-corrected chi connectivity index (χ2v) is 5.09. The monoisotopic (exact) mass is 293 g/mol. The predicted octanol–water partition coefficient (Wildman–Crippen LogP) is -0.756. The van der Waals surface area contributed by atoms with Gasteiger partial charge in [-0.1, -0.05) is 12.1 Å². The van der Waals surface area contributed by atoms with Gasteiger partial charge in [0.1, 0.15) is 11.2 Å². The molecule has 3 N–H and O–H groups in total. The van der Waals surface area contributed by atoms with Crippen molar-refractivity contribution in [3.05, 3.63) is 46.3 Å². The summed E-state index contributed by atoms with van der Waals surface area (Å²) in [4.78, 5) is 12.0. The lowest BCUT2D eigenvalue weighted by atomic mass is 10.1. The van der Waals surface area contributed by atoms with Crippen molar-refractivity contribution >= 4 is 11.0 Å². The highest BCUT2D eigenvalue weighted by Gasteiger charge is 2.40. The highest BCUT2D eigenvalue weighted by Crippen LogP contribution is 2.26. The lowest BCUT2D eigenvalue weighted by Gasteiger charge is -2.24. The Balaban J connectivity index is 2.06. The first-order valence-corrected chi connectivity index (χ1v) is 6.46. The zero-order chi connectivity index (χ0) is 15.0. The number of aliphatic hydroxyl groups is 2. The van der Waals surface area contributed by atoms with Crippen LogP contribution in [0.1, 0.15) is 11.9 Å². The van der Waals surface area contributed by atoms with Crippen LogP contribution in [0.3, 0.4) is 0 Å². The van der Waals surface area contributed by atoms with Crippen LogP contribution in [0.15, 0.2) is 30.5 Å². The van der Waals surface area contributed by atoms with Gasteiger partial charge in [0.15, 0.2) is 6.23 Å². The highest BCUT2D eigenvalue weighted by atomic mass is 16.5. The molecule has 0 spiro atoms. The molecule has 1 unspecified atom stereocenters. The minimum Gasteiger partial charge on any atom is -0.805 e. The number of nitrogens with one attached hydrogen (secondary N) is 1. The Labute approximate surface area is 119 Å². The number of hydrogen-bond acceptors (Lipinski definition) is 6. The van der Waals surface area contributed by atoms with Gasteiger partial charge in [0.05, 0.1) is 29.8 Å². The van der Waals surface area contributed by atoms with E-state index in [0.29, 0.717) is 9.16 Å². The first kappa shape index (κ1) is 14.0. The molecule has 0 bridgehead atoms. The topological polar surface area (TPSA) is 113 Å². The van der Waals surface area contributed by atoms with Gasteiger partial charge >= 0.3 is 0 Å². The predicted molar refractivity (Wildman–Crippen MR) is 72.8 cm³/mol. The van der Waals surface area contributed by atoms with Gasteiger partial charge in [-0.25, -0.2) is 0 Å². The van der Waals surface area contributed by atoms with Crippen molar-refractivity contribution in [1.82, 2.24) is 10.0 Å². The SMILES string of the molecule is O=[n+]1cc(C2NC(CO)(CO)CO2)n([O-])c2ccccc21. The van der Waals surface area contributed by atoms with Crippen molar-refractivity contribution in [2.24, 2.45) is 0 Å². The minimum absolute atomic E-state index is 0.0380. The molecule has 0 saturated carbocycles. The van der Waals surface area contributed by atoms with Crippen LogP contribution in [0, 0.1) is 10.1 Å². The van der Waals surface area contributed by atoms with Gasteiger partial charge in [-0.2, -0.15) is 0 Å². The number of ether oxygens (including phenoxy) is 1. The summed E-state index contributed by atoms with van der Waals surface area (Å²) in [5, 5.41) is 33.9. The third-order valence-electron chi connectivity index (χ3n) is 3.66. The average molecular weight is 293 g/mol. The number of benzene rings is 1. The molecule has 2 heterocycles. The molecule has 1 atom stereocenters. The van der Waals surface area contributed by atoms with Crippen LogP contribution in [-0.2, 0) is 4.74 Å². The summed E-state index contributed by atoms with van der Waals surface area (Å²) in [7, 11) is 0. The minimum atomic E-state index is -1.02. The van der Waals surface area contributed by atoms with Crippen molar-refractivity contribution in [3.63, 3.8) is 0 Å². The molecule has 8 heteroatoms. The molecular weight excluding hydrogens is 278 g/mol. The molecule has 3 rings (SSSR count). The molecule has 0 aliphatic carbocycles. The Morgan fingerprint density at radius 2 is 2.14 bits per heavy atom. The van der Waals surface area contributed by atoms with E-state index >= 15 is 0 Å². The molecule has 1 saturated heterocycles. The molecule has 112 valence electrons. The number of aliphatic hydroxyl groups excluding tert-OH is 2. The normalized spacial score (nSPS) is 21.0. The van der Waals surface area contributed by atoms with Gasteiger partial charge in [-0.3, -0.25) is 5.32 Å². The van der Waals surface area contributed by atoms with E-state index in [4.69, 9.17) is 4.74 Å². The van der Waals surface area contributed by atoms with Crippen LogP contribution in [0.4, 0.5) is 0 Å². The number of rotatable bonds is 3. The second-order valence-electron chi connectivity index (χ2n) is 5.09. The Morgan fingerprint density at radius 3 is 2.81 bits per heavy atom. The van der Waals surface area contributed by atoms with Gasteiger partial charge in [0, 0.05) is 11.0 Å². The molecule has 0 radical (unpaired) electrons. The van der Waals surface area contributed by atoms with E-state index < -0.39 is 11.8 Å². The van der Waals surface area contributed by atoms with Crippen molar-refractivity contribution in [2.45, 2.75) is 11.8 Å². The third kappa shape index (κ3) is 2.18. The Morgan fingerprint density at radius 1 is 1.43 bits per heavy atom. The van der Waals surface area contributed by atoms with Gasteiger partial charge in [0.2, 0.25) is 0 Å². The van der Waals surface area contributed by atoms with Gasteiger partial charge in [0.25, 0.3) is 11.7 Å². The Hall–Kier alpha value is -2.00. The first-order valence-electron chi connectivity index (χ1n) is 6.46. The van der Waals surface area contributed by atoms with E-state index in [1.807, 2.05) is 0 Å². The molecule has 1 aromatic heterocycles. The van der Waals surface area contributed by atoms with Crippen molar-refractivity contribution in [3.8, 4) is 0 Å². The van der Waals surface area contributed by atoms with E-state index in [-0.39, 0.29) is 36.5 Å². The molecule has 1 fully saturated rings. The van der Waals surface area contributed by atoms with Crippen LogP contribution >= 0.6 is 0 Å². The summed E-state index contributed by atoms with van der Waals surface area (Å²) in [5.41, 5.74) is -0.463. The molecule has 21 heavy (non-hydrogen) atoms. The van der Waals surface area contributed by atoms with Crippen LogP contribution in [0.5, 0.6) is 0 Å². The maximum atomic E-state index is 12.4. The fourth-order valence-electron chi connectivity index (χ4n) is 2.37. The highest BCUT2D eigenvalue weighted by molar-refractivity contribution is 5.71. The number of aromatic nitrogens is 2. The Bertz CT molecular complexity index is 725. The van der Waals surface area contributed by atoms with E-state index in [2.05, 4.69) is 5.32 Å². The van der Waals surface area contributed by atoms with Gasteiger partial charge in [-0.05, 0) is 6.07 Å². The van der Waals surface area contributed by atoms with E-state index in [1.54, 1.807) is 24.3 Å². The number of nitrogens with zero attached hydrogens (tertiary/aromatic N) is 2. The van der Waals surface area contributed by atoms with Gasteiger partial charge in [-0.15, -0.1) is 0 Å². The van der Waals surface area contributed by atoms with Crippen LogP contribution in [0.2, 0.25) is 0 Å². The largest absolute Gasteiger partial charge is 0.805 e. The molecule has 0 amide bonds. The molecular formula is C13H15N3O5.